The van der Waals surface area contributed by atoms with Crippen LogP contribution < -0.4 is 56.5 Å². The molecule has 0 bridgehead atoms. The average Bonchev–Trinajstić information content (AvgIpc) is 2.22. The molecule has 0 spiro atoms. The van der Waals surface area contributed by atoms with Gasteiger partial charge < -0.3 is 15.0 Å². The second-order valence-corrected chi connectivity index (χ2v) is 5.47. The monoisotopic (exact) mass is 304 g/mol. The van der Waals surface area contributed by atoms with Crippen molar-refractivity contribution in [1.82, 2.24) is 0 Å². The van der Waals surface area contributed by atoms with E-state index in [1.165, 1.54) is 23.5 Å². The first-order valence-corrected chi connectivity index (χ1v) is 7.59. The predicted octanol–water partition coefficient (Wildman–Crippen LogP) is -2.15. The molecule has 0 saturated heterocycles. The maximum atomic E-state index is 10.7. The summed E-state index contributed by atoms with van der Waals surface area (Å²) >= 11 is 2.58. The maximum absolute atomic E-state index is 10.7. The van der Waals surface area contributed by atoms with Crippen LogP contribution in [0.4, 0.5) is 0 Å². The van der Waals surface area contributed by atoms with Crippen molar-refractivity contribution in [3.63, 3.8) is 0 Å². The summed E-state index contributed by atoms with van der Waals surface area (Å²) in [5, 5.41) is 18.5. The molecule has 1 N–H and O–H groups in total. The van der Waals surface area contributed by atoms with E-state index in [-0.39, 0.29) is 56.6 Å². The quantitative estimate of drug-likeness (QED) is 0.386. The Morgan fingerprint density at radius 1 is 1.12 bits per heavy atom. The number of carbonyl (C=O) groups is 2. The molecule has 17 heavy (non-hydrogen) atoms. The van der Waals surface area contributed by atoms with Gasteiger partial charge in [0.05, 0.1) is 5.97 Å². The fourth-order valence-corrected chi connectivity index (χ4v) is 2.53. The smallest absolute Gasteiger partial charge is 0.549 e. The zero-order valence-electron chi connectivity index (χ0n) is 10.5. The number of carbonyl (C=O) groups excluding carboxylic acids is 1. The number of carboxylic acid groups (broad SMARTS) is 2. The van der Waals surface area contributed by atoms with E-state index >= 15 is 0 Å². The Balaban J connectivity index is 0. The van der Waals surface area contributed by atoms with Crippen LogP contribution in [-0.2, 0) is 9.59 Å². The first-order valence-electron chi connectivity index (χ1n) is 5.02. The molecule has 0 aliphatic carbocycles. The van der Waals surface area contributed by atoms with Crippen LogP contribution in [0.15, 0.2) is 0 Å². The van der Waals surface area contributed by atoms with E-state index in [4.69, 9.17) is 5.11 Å². The molecule has 0 radical (unpaired) electrons. The third-order valence-electron chi connectivity index (χ3n) is 2.29. The zero-order chi connectivity index (χ0) is 12.6. The van der Waals surface area contributed by atoms with Gasteiger partial charge in [-0.25, -0.2) is 0 Å². The molecular formula is C10H17KO4S2. The van der Waals surface area contributed by atoms with E-state index in [1.54, 1.807) is 12.5 Å². The largest absolute Gasteiger partial charge is 1.00 e. The summed E-state index contributed by atoms with van der Waals surface area (Å²) in [6, 6.07) is 0. The van der Waals surface area contributed by atoms with Gasteiger partial charge in [0.15, 0.2) is 0 Å². The SMILES string of the molecule is CSC(CCCCC(SC)C(=O)O)C(=O)[O-].[K+]. The summed E-state index contributed by atoms with van der Waals surface area (Å²) < 4.78 is 0. The normalized spacial score (nSPS) is 13.5. The second-order valence-electron chi connectivity index (χ2n) is 3.39. The van der Waals surface area contributed by atoms with Crippen molar-refractivity contribution in [2.24, 2.45) is 0 Å². The summed E-state index contributed by atoms with van der Waals surface area (Å²) in [7, 11) is 0. The van der Waals surface area contributed by atoms with Crippen molar-refractivity contribution in [2.75, 3.05) is 12.5 Å². The van der Waals surface area contributed by atoms with Gasteiger partial charge in [-0.3, -0.25) is 4.79 Å². The molecule has 0 rings (SSSR count). The average molecular weight is 304 g/mol. The van der Waals surface area contributed by atoms with Gasteiger partial charge in [-0.2, -0.15) is 23.5 Å². The molecule has 0 aliphatic heterocycles. The van der Waals surface area contributed by atoms with Crippen LogP contribution in [0.25, 0.3) is 0 Å². The van der Waals surface area contributed by atoms with Crippen LogP contribution in [-0.4, -0.2) is 40.1 Å². The van der Waals surface area contributed by atoms with E-state index in [0.29, 0.717) is 12.8 Å². The molecule has 0 heterocycles. The van der Waals surface area contributed by atoms with Crippen LogP contribution in [0.2, 0.25) is 0 Å². The first kappa shape index (κ1) is 20.6. The Kier molecular flexibility index (Phi) is 14.9. The number of carboxylic acids is 2. The fourth-order valence-electron chi connectivity index (χ4n) is 1.33. The van der Waals surface area contributed by atoms with E-state index in [0.717, 1.165) is 12.8 Å². The second kappa shape index (κ2) is 12.3. The number of aliphatic carboxylic acids is 2. The molecule has 2 atom stereocenters. The van der Waals surface area contributed by atoms with Crippen molar-refractivity contribution in [3.05, 3.63) is 0 Å². The fraction of sp³-hybridized carbons (Fsp3) is 0.800. The summed E-state index contributed by atoms with van der Waals surface area (Å²) in [4.78, 5) is 21.3. The van der Waals surface area contributed by atoms with Gasteiger partial charge in [0, 0.05) is 5.25 Å². The summed E-state index contributed by atoms with van der Waals surface area (Å²) in [5.74, 6) is -1.83. The Labute approximate surface area is 153 Å². The molecular weight excluding hydrogens is 287 g/mol. The molecule has 0 saturated carbocycles. The topological polar surface area (TPSA) is 77.4 Å². The molecule has 0 amide bonds. The minimum absolute atomic E-state index is 0. The van der Waals surface area contributed by atoms with Gasteiger partial charge in [-0.05, 0) is 25.4 Å². The Bertz CT molecular complexity index is 214. The Morgan fingerprint density at radius 3 is 1.82 bits per heavy atom. The van der Waals surface area contributed by atoms with Crippen LogP contribution in [0, 0.1) is 0 Å². The van der Waals surface area contributed by atoms with Gasteiger partial charge in [0.1, 0.15) is 5.25 Å². The van der Waals surface area contributed by atoms with E-state index in [1.807, 2.05) is 0 Å². The molecule has 7 heteroatoms. The van der Waals surface area contributed by atoms with Crippen molar-refractivity contribution in [2.45, 2.75) is 36.2 Å². The predicted molar refractivity (Wildman–Crippen MR) is 65.7 cm³/mol. The number of hydrogen-bond acceptors (Lipinski definition) is 5. The minimum Gasteiger partial charge on any atom is -0.549 e. The van der Waals surface area contributed by atoms with Crippen LogP contribution >= 0.6 is 23.5 Å². The number of unbranched alkanes of at least 4 members (excludes halogenated alkanes) is 1. The van der Waals surface area contributed by atoms with Crippen LogP contribution in [0.5, 0.6) is 0 Å². The number of rotatable bonds is 9. The van der Waals surface area contributed by atoms with Crippen LogP contribution in [0.3, 0.4) is 0 Å². The molecule has 2 unspecified atom stereocenters. The molecule has 0 aliphatic rings. The molecule has 0 aromatic rings. The standard InChI is InChI=1S/C10H18O4S2.K/c1-15-7(9(11)12)5-3-4-6-8(16-2)10(13)14;/h7-8H,3-6H2,1-2H3,(H,11,12)(H,13,14);/q;+1/p-1. The van der Waals surface area contributed by atoms with Crippen molar-refractivity contribution in [3.8, 4) is 0 Å². The third-order valence-corrected chi connectivity index (χ3v) is 4.29. The Hall–Kier alpha value is 1.28. The number of thioether (sulfide) groups is 2. The molecule has 4 nitrogen and oxygen atoms in total. The maximum Gasteiger partial charge on any atom is 1.00 e. The van der Waals surface area contributed by atoms with Gasteiger partial charge in [-0.15, -0.1) is 0 Å². The molecule has 0 fully saturated rings. The van der Waals surface area contributed by atoms with Crippen molar-refractivity contribution in [1.29, 1.82) is 0 Å². The molecule has 0 aromatic heterocycles. The number of hydrogen-bond donors (Lipinski definition) is 1. The summed E-state index contributed by atoms with van der Waals surface area (Å²) in [5.41, 5.74) is 0. The molecule has 94 valence electrons. The zero-order valence-corrected chi connectivity index (χ0v) is 15.2. The van der Waals surface area contributed by atoms with Gasteiger partial charge in [0.25, 0.3) is 0 Å². The van der Waals surface area contributed by atoms with Gasteiger partial charge in [-0.1, -0.05) is 12.8 Å². The summed E-state index contributed by atoms with van der Waals surface area (Å²) in [6.07, 6.45) is 6.11. The molecule has 0 aromatic carbocycles. The first-order chi connectivity index (χ1) is 7.52. The van der Waals surface area contributed by atoms with E-state index in [9.17, 15) is 14.7 Å². The van der Waals surface area contributed by atoms with E-state index in [2.05, 4.69) is 0 Å². The third kappa shape index (κ3) is 9.81. The summed E-state index contributed by atoms with van der Waals surface area (Å²) in [6.45, 7) is 0. The van der Waals surface area contributed by atoms with Gasteiger partial charge >= 0.3 is 57.4 Å². The van der Waals surface area contributed by atoms with Crippen molar-refractivity contribution >= 4 is 35.5 Å². The van der Waals surface area contributed by atoms with Gasteiger partial charge in [0.2, 0.25) is 0 Å². The van der Waals surface area contributed by atoms with E-state index < -0.39 is 17.2 Å². The minimum atomic E-state index is -1.04. The van der Waals surface area contributed by atoms with Crippen LogP contribution in [0.1, 0.15) is 25.7 Å². The van der Waals surface area contributed by atoms with Crippen molar-refractivity contribution < 1.29 is 71.2 Å². The Morgan fingerprint density at radius 2 is 1.53 bits per heavy atom.